The van der Waals surface area contributed by atoms with Crippen LogP contribution in [0.4, 0.5) is 0 Å². The van der Waals surface area contributed by atoms with Gasteiger partial charge in [0.15, 0.2) is 0 Å². The molecule has 0 saturated carbocycles. The van der Waals surface area contributed by atoms with Crippen molar-refractivity contribution >= 4 is 23.6 Å². The second-order valence-electron chi connectivity index (χ2n) is 3.62. The number of hydrogen-bond donors (Lipinski definition) is 1. The van der Waals surface area contributed by atoms with Crippen LogP contribution in [0.1, 0.15) is 5.56 Å². The number of carboxylic acid groups (broad SMARTS) is 1. The van der Waals surface area contributed by atoms with E-state index in [0.717, 1.165) is 17.3 Å². The SMILES string of the molecule is CN(Cc1ccccc1)C(=O)CSCC(=O)O. The minimum atomic E-state index is -0.895. The number of hydrogen-bond acceptors (Lipinski definition) is 3. The lowest BCUT2D eigenvalue weighted by Crippen LogP contribution is -2.28. The van der Waals surface area contributed by atoms with Crippen LogP contribution in [0.2, 0.25) is 0 Å². The molecule has 92 valence electrons. The van der Waals surface area contributed by atoms with Crippen LogP contribution in [-0.4, -0.2) is 40.4 Å². The van der Waals surface area contributed by atoms with E-state index in [1.54, 1.807) is 11.9 Å². The topological polar surface area (TPSA) is 57.6 Å². The number of carbonyl (C=O) groups excluding carboxylic acids is 1. The van der Waals surface area contributed by atoms with Crippen molar-refractivity contribution in [1.29, 1.82) is 0 Å². The maximum Gasteiger partial charge on any atom is 0.313 e. The number of carboxylic acids is 1. The highest BCUT2D eigenvalue weighted by Gasteiger charge is 2.09. The summed E-state index contributed by atoms with van der Waals surface area (Å²) in [4.78, 5) is 23.5. The highest BCUT2D eigenvalue weighted by atomic mass is 32.2. The van der Waals surface area contributed by atoms with Gasteiger partial charge in [-0.15, -0.1) is 11.8 Å². The number of aliphatic carboxylic acids is 1. The molecule has 0 unspecified atom stereocenters. The molecule has 0 spiro atoms. The second kappa shape index (κ2) is 6.96. The van der Waals surface area contributed by atoms with E-state index in [9.17, 15) is 9.59 Å². The van der Waals surface area contributed by atoms with E-state index < -0.39 is 5.97 Å². The summed E-state index contributed by atoms with van der Waals surface area (Å²) in [5.74, 6) is -0.783. The number of nitrogens with zero attached hydrogens (tertiary/aromatic N) is 1. The summed E-state index contributed by atoms with van der Waals surface area (Å²) in [5.41, 5.74) is 1.06. The van der Waals surface area contributed by atoms with Gasteiger partial charge in [0, 0.05) is 13.6 Å². The van der Waals surface area contributed by atoms with Crippen molar-refractivity contribution in [3.8, 4) is 0 Å². The fourth-order valence-corrected chi connectivity index (χ4v) is 1.95. The molecule has 1 aromatic rings. The molecule has 0 aliphatic rings. The van der Waals surface area contributed by atoms with Crippen molar-refractivity contribution in [2.45, 2.75) is 6.54 Å². The predicted octanol–water partition coefficient (Wildman–Crippen LogP) is 1.46. The van der Waals surface area contributed by atoms with Gasteiger partial charge in [-0.3, -0.25) is 9.59 Å². The fraction of sp³-hybridized carbons (Fsp3) is 0.333. The highest BCUT2D eigenvalue weighted by molar-refractivity contribution is 8.00. The van der Waals surface area contributed by atoms with E-state index in [4.69, 9.17) is 5.11 Å². The van der Waals surface area contributed by atoms with Gasteiger partial charge in [-0.2, -0.15) is 0 Å². The van der Waals surface area contributed by atoms with Crippen LogP contribution in [0.15, 0.2) is 30.3 Å². The summed E-state index contributed by atoms with van der Waals surface area (Å²) in [6.45, 7) is 0.549. The maximum absolute atomic E-state index is 11.6. The first-order chi connectivity index (χ1) is 8.09. The average Bonchev–Trinajstić information content (AvgIpc) is 2.29. The summed E-state index contributed by atoms with van der Waals surface area (Å²) in [5, 5.41) is 8.45. The molecule has 0 atom stereocenters. The lowest BCUT2D eigenvalue weighted by atomic mass is 10.2. The molecule has 0 bridgehead atoms. The second-order valence-corrected chi connectivity index (χ2v) is 4.61. The van der Waals surface area contributed by atoms with Crippen molar-refractivity contribution in [1.82, 2.24) is 4.90 Å². The lowest BCUT2D eigenvalue weighted by molar-refractivity contribution is -0.133. The van der Waals surface area contributed by atoms with Gasteiger partial charge in [0.2, 0.25) is 5.91 Å². The Bertz CT molecular complexity index is 381. The molecule has 0 aromatic heterocycles. The zero-order chi connectivity index (χ0) is 12.7. The molecule has 0 aliphatic carbocycles. The van der Waals surface area contributed by atoms with Crippen molar-refractivity contribution in [3.05, 3.63) is 35.9 Å². The van der Waals surface area contributed by atoms with Crippen LogP contribution in [0.3, 0.4) is 0 Å². The average molecular weight is 253 g/mol. The Kier molecular flexibility index (Phi) is 5.56. The summed E-state index contributed by atoms with van der Waals surface area (Å²) < 4.78 is 0. The molecule has 0 fully saturated rings. The van der Waals surface area contributed by atoms with Gasteiger partial charge in [-0.1, -0.05) is 30.3 Å². The Balaban J connectivity index is 2.34. The number of benzene rings is 1. The number of carbonyl (C=O) groups is 2. The van der Waals surface area contributed by atoms with Crippen molar-refractivity contribution in [2.75, 3.05) is 18.6 Å². The maximum atomic E-state index is 11.6. The zero-order valence-electron chi connectivity index (χ0n) is 9.63. The van der Waals surface area contributed by atoms with Crippen molar-refractivity contribution in [3.63, 3.8) is 0 Å². The van der Waals surface area contributed by atoms with Gasteiger partial charge in [-0.25, -0.2) is 0 Å². The van der Waals surface area contributed by atoms with E-state index in [2.05, 4.69) is 0 Å². The Labute approximate surface area is 105 Å². The molecule has 1 rings (SSSR count). The quantitative estimate of drug-likeness (QED) is 0.834. The van der Waals surface area contributed by atoms with Gasteiger partial charge in [0.25, 0.3) is 0 Å². The van der Waals surface area contributed by atoms with Gasteiger partial charge in [0.1, 0.15) is 0 Å². The Morgan fingerprint density at radius 3 is 2.47 bits per heavy atom. The summed E-state index contributed by atoms with van der Waals surface area (Å²) in [6, 6.07) is 9.68. The molecule has 0 saturated heterocycles. The standard InChI is InChI=1S/C12H15NO3S/c1-13(7-10-5-3-2-4-6-10)11(14)8-17-9-12(15)16/h2-6H,7-9H2,1H3,(H,15,16). The molecular weight excluding hydrogens is 238 g/mol. The van der Waals surface area contributed by atoms with E-state index in [1.165, 1.54) is 0 Å². The third-order valence-corrected chi connectivity index (χ3v) is 3.04. The number of amides is 1. The monoisotopic (exact) mass is 253 g/mol. The van der Waals surface area contributed by atoms with Crippen LogP contribution < -0.4 is 0 Å². The first-order valence-corrected chi connectivity index (χ1v) is 6.32. The Hall–Kier alpha value is -1.49. The van der Waals surface area contributed by atoms with E-state index in [-0.39, 0.29) is 17.4 Å². The fourth-order valence-electron chi connectivity index (χ4n) is 1.28. The molecule has 1 N–H and O–H groups in total. The van der Waals surface area contributed by atoms with Gasteiger partial charge in [0.05, 0.1) is 11.5 Å². The Morgan fingerprint density at radius 1 is 1.24 bits per heavy atom. The van der Waals surface area contributed by atoms with Crippen molar-refractivity contribution < 1.29 is 14.7 Å². The minimum Gasteiger partial charge on any atom is -0.481 e. The van der Waals surface area contributed by atoms with Crippen LogP contribution in [0, 0.1) is 0 Å². The molecule has 0 aliphatic heterocycles. The van der Waals surface area contributed by atoms with E-state index >= 15 is 0 Å². The van der Waals surface area contributed by atoms with Crippen LogP contribution in [0.5, 0.6) is 0 Å². The summed E-state index contributed by atoms with van der Waals surface area (Å²) in [6.07, 6.45) is 0. The highest BCUT2D eigenvalue weighted by Crippen LogP contribution is 2.06. The molecule has 4 nitrogen and oxygen atoms in total. The zero-order valence-corrected chi connectivity index (χ0v) is 10.4. The smallest absolute Gasteiger partial charge is 0.313 e. The van der Waals surface area contributed by atoms with Gasteiger partial charge >= 0.3 is 5.97 Å². The third kappa shape index (κ3) is 5.40. The molecule has 0 heterocycles. The molecule has 0 radical (unpaired) electrons. The minimum absolute atomic E-state index is 0.0368. The van der Waals surface area contributed by atoms with E-state index in [1.807, 2.05) is 30.3 Å². The molecule has 5 heteroatoms. The predicted molar refractivity (Wildman–Crippen MR) is 67.9 cm³/mol. The normalized spacial score (nSPS) is 9.94. The number of thioether (sulfide) groups is 1. The lowest BCUT2D eigenvalue weighted by Gasteiger charge is -2.16. The largest absolute Gasteiger partial charge is 0.481 e. The van der Waals surface area contributed by atoms with Gasteiger partial charge in [-0.05, 0) is 5.56 Å². The molecule has 17 heavy (non-hydrogen) atoms. The first-order valence-electron chi connectivity index (χ1n) is 5.17. The van der Waals surface area contributed by atoms with Crippen molar-refractivity contribution in [2.24, 2.45) is 0 Å². The third-order valence-electron chi connectivity index (χ3n) is 2.14. The van der Waals surface area contributed by atoms with Crippen LogP contribution in [0.25, 0.3) is 0 Å². The Morgan fingerprint density at radius 2 is 1.88 bits per heavy atom. The van der Waals surface area contributed by atoms with Crippen LogP contribution in [-0.2, 0) is 16.1 Å². The van der Waals surface area contributed by atoms with Crippen LogP contribution >= 0.6 is 11.8 Å². The summed E-state index contributed by atoms with van der Waals surface area (Å²) in [7, 11) is 1.72. The van der Waals surface area contributed by atoms with E-state index in [0.29, 0.717) is 6.54 Å². The molecule has 1 aromatic carbocycles. The summed E-state index contributed by atoms with van der Waals surface area (Å²) >= 11 is 1.12. The first kappa shape index (κ1) is 13.6. The molecule has 1 amide bonds. The van der Waals surface area contributed by atoms with Gasteiger partial charge < -0.3 is 10.0 Å². The molecular formula is C12H15NO3S. The number of rotatable bonds is 6.